The lowest BCUT2D eigenvalue weighted by Gasteiger charge is -2.38. The van der Waals surface area contributed by atoms with Crippen molar-refractivity contribution in [3.05, 3.63) is 76.2 Å². The molecule has 1 fully saturated rings. The van der Waals surface area contributed by atoms with Crippen molar-refractivity contribution in [1.29, 1.82) is 0 Å². The quantitative estimate of drug-likeness (QED) is 0.211. The molecule has 0 amide bonds. The number of hydrogen-bond donors (Lipinski definition) is 3. The molecule has 0 saturated carbocycles. The predicted molar refractivity (Wildman–Crippen MR) is 187 cm³/mol. The molecule has 6 rings (SSSR count). The number of carboxylic acid groups (broad SMARTS) is 1. The van der Waals surface area contributed by atoms with Gasteiger partial charge < -0.3 is 25.0 Å². The Hall–Kier alpha value is -4.11. The van der Waals surface area contributed by atoms with Crippen LogP contribution in [-0.2, 0) is 26.1 Å². The number of fused-ring (bicyclic) bond motifs is 2. The van der Waals surface area contributed by atoms with Crippen molar-refractivity contribution in [3.63, 3.8) is 0 Å². The molecule has 0 unspecified atom stereocenters. The first-order valence-corrected chi connectivity index (χ1v) is 18.4. The number of nitrogens with zero attached hydrogens (tertiary/aromatic N) is 5. The Morgan fingerprint density at radius 3 is 2.54 bits per heavy atom. The summed E-state index contributed by atoms with van der Waals surface area (Å²) in [7, 11) is -4.10. The molecular weight excluding hydrogens is 660 g/mol. The van der Waals surface area contributed by atoms with Crippen LogP contribution in [0.5, 0.6) is 5.88 Å². The Labute approximate surface area is 292 Å². The molecule has 14 heteroatoms. The zero-order chi connectivity index (χ0) is 36.0. The number of anilines is 1. The lowest BCUT2D eigenvalue weighted by Crippen LogP contribution is -2.50. The Morgan fingerprint density at radius 1 is 1.10 bits per heavy atom. The van der Waals surface area contributed by atoms with E-state index in [0.717, 1.165) is 33.6 Å². The van der Waals surface area contributed by atoms with Crippen LogP contribution in [0, 0.1) is 26.2 Å². The van der Waals surface area contributed by atoms with Crippen LogP contribution >= 0.6 is 0 Å². The number of nitrogens with one attached hydrogen (secondary N) is 1. The highest BCUT2D eigenvalue weighted by Gasteiger charge is 2.46. The van der Waals surface area contributed by atoms with Crippen molar-refractivity contribution in [2.75, 3.05) is 31.7 Å². The summed E-state index contributed by atoms with van der Waals surface area (Å²) in [5.74, 6) is -0.318. The minimum atomic E-state index is -4.10. The van der Waals surface area contributed by atoms with Crippen molar-refractivity contribution in [2.24, 2.45) is 5.41 Å². The molecule has 0 aliphatic carbocycles. The summed E-state index contributed by atoms with van der Waals surface area (Å²) >= 11 is 0. The minimum Gasteiger partial charge on any atom is -0.481 e. The smallest absolute Gasteiger partial charge is 0.310 e. The third kappa shape index (κ3) is 6.57. The topological polar surface area (TPSA) is 168 Å². The number of hydrogen-bond acceptors (Lipinski definition) is 10. The molecule has 4 aromatic rings. The molecule has 13 nitrogen and oxygen atoms in total. The van der Waals surface area contributed by atoms with Crippen LogP contribution in [0.4, 0.5) is 5.82 Å². The minimum absolute atomic E-state index is 0.00763. The number of ether oxygens (including phenoxy) is 2. The standard InChI is InChI=1S/C36H46N6O7S/c1-22-7-8-26(31(35(5,6)34(44)45)28-11-15-42-25(4)39-40-32(42)24(28)3)19-27(22)20-41-21-36(13-17-48-18-14-36)49-33-29(50(41,46)47)9-10-30(38-33)37-23(2)12-16-43/h7-11,15,19,23,31,43H,12-14,16-18,20-21H2,1-6H3,(H,37,38)(H,44,45)/t23-,31+/m0/s1. The van der Waals surface area contributed by atoms with Crippen LogP contribution in [0.2, 0.25) is 0 Å². The zero-order valence-corrected chi connectivity index (χ0v) is 30.2. The van der Waals surface area contributed by atoms with Crippen molar-refractivity contribution >= 4 is 27.5 Å². The van der Waals surface area contributed by atoms with Crippen molar-refractivity contribution in [3.8, 4) is 5.88 Å². The van der Waals surface area contributed by atoms with E-state index in [1.807, 2.05) is 62.6 Å². The molecule has 1 saturated heterocycles. The molecule has 3 aromatic heterocycles. The molecule has 1 spiro atoms. The summed E-state index contributed by atoms with van der Waals surface area (Å²) in [5.41, 5.74) is 2.58. The van der Waals surface area contributed by atoms with Gasteiger partial charge in [0.1, 0.15) is 22.1 Å². The molecule has 50 heavy (non-hydrogen) atoms. The lowest BCUT2D eigenvalue weighted by atomic mass is 9.70. The maximum absolute atomic E-state index is 14.5. The molecule has 0 bridgehead atoms. The molecule has 2 atom stereocenters. The van der Waals surface area contributed by atoms with E-state index in [-0.39, 0.29) is 36.5 Å². The molecule has 1 aromatic carbocycles. The van der Waals surface area contributed by atoms with Gasteiger partial charge in [-0.1, -0.05) is 18.2 Å². The molecule has 2 aliphatic heterocycles. The number of aromatic nitrogens is 4. The zero-order valence-electron chi connectivity index (χ0n) is 29.4. The van der Waals surface area contributed by atoms with Crippen LogP contribution in [0.1, 0.15) is 79.6 Å². The van der Waals surface area contributed by atoms with Crippen molar-refractivity contribution < 1.29 is 32.9 Å². The Kier molecular flexibility index (Phi) is 9.68. The summed E-state index contributed by atoms with van der Waals surface area (Å²) in [4.78, 5) is 17.4. The molecule has 0 radical (unpaired) electrons. The Balaban J connectivity index is 1.43. The fraction of sp³-hybridized carbons (Fsp3) is 0.500. The first-order chi connectivity index (χ1) is 23.7. The summed E-state index contributed by atoms with van der Waals surface area (Å²) in [6.07, 6.45) is 3.33. The van der Waals surface area contributed by atoms with Gasteiger partial charge in [0.2, 0.25) is 15.9 Å². The second-order valence-corrected chi connectivity index (χ2v) is 16.1. The fourth-order valence-electron chi connectivity index (χ4n) is 7.09. The second-order valence-electron chi connectivity index (χ2n) is 14.2. The van der Waals surface area contributed by atoms with Crippen LogP contribution in [-0.4, -0.2) is 86.5 Å². The van der Waals surface area contributed by atoms with Gasteiger partial charge in [-0.25, -0.2) is 8.42 Å². The SMILES string of the molecule is Cc1ccc([C@H](c2ccn3c(C)nnc3c2C)C(C)(C)C(=O)O)cc1CN1CC2(CCOCC2)Oc2nc(N[C@@H](C)CCO)ccc2S1(=O)=O. The molecule has 268 valence electrons. The number of sulfonamides is 1. The third-order valence-corrected chi connectivity index (χ3v) is 12.1. The number of aliphatic hydroxyl groups is 1. The van der Waals surface area contributed by atoms with Crippen LogP contribution in [0.15, 0.2) is 47.5 Å². The number of pyridine rings is 2. The Bertz CT molecular complexity index is 2020. The van der Waals surface area contributed by atoms with E-state index in [2.05, 4.69) is 20.5 Å². The fourth-order valence-corrected chi connectivity index (χ4v) is 8.63. The maximum Gasteiger partial charge on any atom is 0.310 e. The normalized spacial score (nSPS) is 18.6. The number of aliphatic carboxylic acids is 1. The number of carbonyl (C=O) groups is 1. The van der Waals surface area contributed by atoms with E-state index in [1.165, 1.54) is 10.4 Å². The largest absolute Gasteiger partial charge is 0.481 e. The van der Waals surface area contributed by atoms with E-state index in [0.29, 0.717) is 43.9 Å². The van der Waals surface area contributed by atoms with E-state index >= 15 is 0 Å². The van der Waals surface area contributed by atoms with E-state index in [9.17, 15) is 23.4 Å². The summed E-state index contributed by atoms with van der Waals surface area (Å²) in [5, 5.41) is 31.6. The van der Waals surface area contributed by atoms with Gasteiger partial charge in [-0.05, 0) is 94.0 Å². The molecular formula is C36H46N6O7S. The lowest BCUT2D eigenvalue weighted by molar-refractivity contribution is -0.147. The van der Waals surface area contributed by atoms with E-state index in [4.69, 9.17) is 9.47 Å². The highest BCUT2D eigenvalue weighted by molar-refractivity contribution is 7.89. The highest BCUT2D eigenvalue weighted by Crippen LogP contribution is 2.44. The van der Waals surface area contributed by atoms with Gasteiger partial charge in [0, 0.05) is 44.1 Å². The summed E-state index contributed by atoms with van der Waals surface area (Å²) in [6.45, 7) is 12.0. The molecule has 5 heterocycles. The van der Waals surface area contributed by atoms with E-state index < -0.39 is 32.9 Å². The highest BCUT2D eigenvalue weighted by atomic mass is 32.2. The number of carboxylic acids is 1. The van der Waals surface area contributed by atoms with Gasteiger partial charge in [0.25, 0.3) is 0 Å². The van der Waals surface area contributed by atoms with E-state index in [1.54, 1.807) is 19.9 Å². The van der Waals surface area contributed by atoms with Gasteiger partial charge in [0.15, 0.2) is 5.65 Å². The van der Waals surface area contributed by atoms with Crippen molar-refractivity contribution in [2.45, 2.75) is 89.8 Å². The summed E-state index contributed by atoms with van der Waals surface area (Å²) in [6, 6.07) is 10.8. The molecule has 2 aliphatic rings. The van der Waals surface area contributed by atoms with Gasteiger partial charge in [-0.15, -0.1) is 10.2 Å². The predicted octanol–water partition coefficient (Wildman–Crippen LogP) is 4.61. The average Bonchev–Trinajstić information content (AvgIpc) is 3.41. The summed E-state index contributed by atoms with van der Waals surface area (Å²) < 4.78 is 44.6. The average molecular weight is 707 g/mol. The van der Waals surface area contributed by atoms with Crippen LogP contribution in [0.3, 0.4) is 0 Å². The van der Waals surface area contributed by atoms with Crippen LogP contribution < -0.4 is 10.1 Å². The number of aliphatic hydroxyl groups excluding tert-OH is 1. The van der Waals surface area contributed by atoms with Crippen molar-refractivity contribution in [1.82, 2.24) is 23.9 Å². The first kappa shape index (κ1) is 35.7. The number of rotatable bonds is 10. The monoisotopic (exact) mass is 706 g/mol. The first-order valence-electron chi connectivity index (χ1n) is 17.0. The van der Waals surface area contributed by atoms with Gasteiger partial charge in [-0.3, -0.25) is 9.20 Å². The van der Waals surface area contributed by atoms with Crippen LogP contribution in [0.25, 0.3) is 5.65 Å². The third-order valence-electron chi connectivity index (χ3n) is 10.3. The number of benzene rings is 1. The van der Waals surface area contributed by atoms with Gasteiger partial charge in [-0.2, -0.15) is 9.29 Å². The Morgan fingerprint density at radius 2 is 1.84 bits per heavy atom. The van der Waals surface area contributed by atoms with Gasteiger partial charge >= 0.3 is 5.97 Å². The maximum atomic E-state index is 14.5. The second kappa shape index (κ2) is 13.5. The number of aryl methyl sites for hydroxylation is 3. The van der Waals surface area contributed by atoms with Gasteiger partial charge in [0.05, 0.1) is 25.2 Å². The molecule has 3 N–H and O–H groups in total.